The highest BCUT2D eigenvalue weighted by Gasteiger charge is 2.10. The number of nitrogens with one attached hydrogen (secondary N) is 2. The number of aromatic nitrogens is 2. The Morgan fingerprint density at radius 3 is 2.85 bits per heavy atom. The maximum atomic E-state index is 4.11. The van der Waals surface area contributed by atoms with E-state index in [1.807, 2.05) is 42.4 Å². The van der Waals surface area contributed by atoms with Crippen LogP contribution in [-0.2, 0) is 13.5 Å². The molecule has 0 radical (unpaired) electrons. The van der Waals surface area contributed by atoms with Gasteiger partial charge in [-0.15, -0.1) is 5.53 Å². The predicted octanol–water partition coefficient (Wildman–Crippen LogP) is -0.241. The van der Waals surface area contributed by atoms with E-state index >= 15 is 0 Å². The zero-order valence-corrected chi connectivity index (χ0v) is 7.78. The molecule has 0 amide bonds. The number of allylic oxidation sites excluding steroid dienone is 1. The lowest BCUT2D eigenvalue weighted by Gasteiger charge is -2.13. The van der Waals surface area contributed by atoms with Crippen LogP contribution in [0.2, 0.25) is 0 Å². The van der Waals surface area contributed by atoms with E-state index in [2.05, 4.69) is 16.1 Å². The van der Waals surface area contributed by atoms with Crippen LogP contribution in [0.4, 0.5) is 0 Å². The van der Waals surface area contributed by atoms with E-state index in [-0.39, 0.29) is 0 Å². The molecular weight excluding hydrogens is 166 g/mol. The summed E-state index contributed by atoms with van der Waals surface area (Å²) in [4.78, 5) is 0. The molecule has 2 N–H and O–H groups in total. The van der Waals surface area contributed by atoms with Crippen LogP contribution in [0.3, 0.4) is 0 Å². The molecule has 0 aromatic carbocycles. The molecule has 2 rings (SSSR count). The first-order valence-corrected chi connectivity index (χ1v) is 4.17. The average molecular weight is 179 g/mol. The fourth-order valence-electron chi connectivity index (χ4n) is 1.32. The molecule has 0 aliphatic carbocycles. The van der Waals surface area contributed by atoms with Crippen molar-refractivity contribution in [2.45, 2.75) is 6.42 Å². The van der Waals surface area contributed by atoms with Gasteiger partial charge in [0.25, 0.3) is 0 Å². The Morgan fingerprint density at radius 2 is 2.31 bits per heavy atom. The number of hydrogen-bond donors (Lipinski definition) is 2. The Morgan fingerprint density at radius 1 is 1.46 bits per heavy atom. The molecule has 0 atom stereocenters. The molecule has 5 heteroatoms. The van der Waals surface area contributed by atoms with Crippen LogP contribution in [0, 0.1) is 0 Å². The smallest absolute Gasteiger partial charge is 0.0525 e. The lowest BCUT2D eigenvalue weighted by atomic mass is 10.2. The SMILES string of the molecule is CN1NNC=C1Cc1cnn(C)c1. The zero-order chi connectivity index (χ0) is 9.26. The van der Waals surface area contributed by atoms with E-state index in [4.69, 9.17) is 0 Å². The minimum absolute atomic E-state index is 0.893. The van der Waals surface area contributed by atoms with Crippen LogP contribution < -0.4 is 11.0 Å². The van der Waals surface area contributed by atoms with E-state index in [0.717, 1.165) is 6.42 Å². The molecule has 0 fully saturated rings. The van der Waals surface area contributed by atoms with Crippen molar-refractivity contribution in [3.05, 3.63) is 29.9 Å². The second-order valence-corrected chi connectivity index (χ2v) is 3.15. The van der Waals surface area contributed by atoms with Crippen LogP contribution in [0.1, 0.15) is 5.56 Å². The topological polar surface area (TPSA) is 45.1 Å². The van der Waals surface area contributed by atoms with Crippen molar-refractivity contribution in [2.24, 2.45) is 7.05 Å². The van der Waals surface area contributed by atoms with Gasteiger partial charge < -0.3 is 5.43 Å². The number of aryl methyl sites for hydroxylation is 1. The highest BCUT2D eigenvalue weighted by atomic mass is 15.7. The molecule has 0 saturated heterocycles. The first kappa shape index (κ1) is 8.12. The lowest BCUT2D eigenvalue weighted by molar-refractivity contribution is 0.302. The maximum absolute atomic E-state index is 4.11. The molecule has 0 saturated carbocycles. The number of likely N-dealkylation sites (N-methyl/N-ethyl adjacent to an activating group) is 1. The molecule has 1 aliphatic heterocycles. The normalized spacial score (nSPS) is 15.8. The summed E-state index contributed by atoms with van der Waals surface area (Å²) in [6.45, 7) is 0. The maximum Gasteiger partial charge on any atom is 0.0525 e. The predicted molar refractivity (Wildman–Crippen MR) is 49.0 cm³/mol. The van der Waals surface area contributed by atoms with Gasteiger partial charge in [0.15, 0.2) is 0 Å². The fourth-order valence-corrected chi connectivity index (χ4v) is 1.32. The first-order valence-electron chi connectivity index (χ1n) is 4.17. The molecule has 13 heavy (non-hydrogen) atoms. The summed E-state index contributed by atoms with van der Waals surface area (Å²) >= 11 is 0. The van der Waals surface area contributed by atoms with Crippen molar-refractivity contribution in [3.63, 3.8) is 0 Å². The summed E-state index contributed by atoms with van der Waals surface area (Å²) in [5.74, 6) is 0. The summed E-state index contributed by atoms with van der Waals surface area (Å²) in [6, 6.07) is 0. The summed E-state index contributed by atoms with van der Waals surface area (Å²) in [5.41, 5.74) is 8.31. The van der Waals surface area contributed by atoms with Gasteiger partial charge in [0, 0.05) is 32.9 Å². The summed E-state index contributed by atoms with van der Waals surface area (Å²) in [6.07, 6.45) is 6.75. The van der Waals surface area contributed by atoms with Crippen LogP contribution in [0.15, 0.2) is 24.3 Å². The third kappa shape index (κ3) is 1.65. The van der Waals surface area contributed by atoms with Crippen molar-refractivity contribution >= 4 is 0 Å². The number of hydrogen-bond acceptors (Lipinski definition) is 4. The Kier molecular flexibility index (Phi) is 1.94. The molecule has 5 nitrogen and oxygen atoms in total. The van der Waals surface area contributed by atoms with Crippen molar-refractivity contribution in [1.82, 2.24) is 25.7 Å². The number of rotatable bonds is 2. The number of nitrogens with zero attached hydrogens (tertiary/aromatic N) is 3. The standard InChI is InChI=1S/C8H13N5/c1-12-6-7(4-10-12)3-8-5-9-11-13(8)2/h4-6,9,11H,3H2,1-2H3. The van der Waals surface area contributed by atoms with E-state index in [1.165, 1.54) is 11.3 Å². The van der Waals surface area contributed by atoms with Gasteiger partial charge in [-0.2, -0.15) is 5.10 Å². The third-order valence-electron chi connectivity index (χ3n) is 2.05. The van der Waals surface area contributed by atoms with Gasteiger partial charge >= 0.3 is 0 Å². The van der Waals surface area contributed by atoms with Gasteiger partial charge in [0.2, 0.25) is 0 Å². The summed E-state index contributed by atoms with van der Waals surface area (Å²) < 4.78 is 1.81. The van der Waals surface area contributed by atoms with Crippen LogP contribution in [0.25, 0.3) is 0 Å². The second kappa shape index (κ2) is 3.10. The monoisotopic (exact) mass is 179 g/mol. The van der Waals surface area contributed by atoms with Crippen LogP contribution in [0.5, 0.6) is 0 Å². The van der Waals surface area contributed by atoms with E-state index in [9.17, 15) is 0 Å². The van der Waals surface area contributed by atoms with Gasteiger partial charge in [0.1, 0.15) is 0 Å². The van der Waals surface area contributed by atoms with Gasteiger partial charge in [-0.05, 0) is 5.56 Å². The molecule has 2 heterocycles. The number of hydrazine groups is 2. The first-order chi connectivity index (χ1) is 6.25. The van der Waals surface area contributed by atoms with E-state index < -0.39 is 0 Å². The second-order valence-electron chi connectivity index (χ2n) is 3.15. The lowest BCUT2D eigenvalue weighted by Crippen LogP contribution is -2.34. The highest BCUT2D eigenvalue weighted by molar-refractivity contribution is 5.16. The Hall–Kier alpha value is -1.49. The molecule has 70 valence electrons. The molecule has 1 aromatic heterocycles. The molecule has 0 unspecified atom stereocenters. The van der Waals surface area contributed by atoms with Crippen molar-refractivity contribution in [3.8, 4) is 0 Å². The summed E-state index contributed by atoms with van der Waals surface area (Å²) in [7, 11) is 3.90. The van der Waals surface area contributed by atoms with Gasteiger partial charge in [-0.3, -0.25) is 9.69 Å². The zero-order valence-electron chi connectivity index (χ0n) is 7.78. The van der Waals surface area contributed by atoms with Gasteiger partial charge in [-0.25, -0.2) is 0 Å². The Bertz CT molecular complexity index is 327. The van der Waals surface area contributed by atoms with E-state index in [0.29, 0.717) is 0 Å². The van der Waals surface area contributed by atoms with Crippen molar-refractivity contribution in [2.75, 3.05) is 7.05 Å². The fraction of sp³-hybridized carbons (Fsp3) is 0.375. The highest BCUT2D eigenvalue weighted by Crippen LogP contribution is 2.09. The largest absolute Gasteiger partial charge is 0.309 e. The van der Waals surface area contributed by atoms with Crippen molar-refractivity contribution < 1.29 is 0 Å². The van der Waals surface area contributed by atoms with Crippen LogP contribution >= 0.6 is 0 Å². The average Bonchev–Trinajstić information content (AvgIpc) is 2.64. The molecule has 1 aliphatic rings. The Labute approximate surface area is 77.0 Å². The van der Waals surface area contributed by atoms with E-state index in [1.54, 1.807) is 0 Å². The third-order valence-corrected chi connectivity index (χ3v) is 2.05. The van der Waals surface area contributed by atoms with Crippen LogP contribution in [-0.4, -0.2) is 21.8 Å². The quantitative estimate of drug-likeness (QED) is 0.657. The molecule has 0 bridgehead atoms. The molecule has 0 spiro atoms. The summed E-state index contributed by atoms with van der Waals surface area (Å²) in [5, 5.41) is 6.07. The minimum Gasteiger partial charge on any atom is -0.309 e. The Balaban J connectivity index is 2.06. The molecule has 1 aromatic rings. The minimum atomic E-state index is 0.893. The van der Waals surface area contributed by atoms with Gasteiger partial charge in [0.05, 0.1) is 11.9 Å². The molecular formula is C8H13N5. The van der Waals surface area contributed by atoms with Crippen molar-refractivity contribution in [1.29, 1.82) is 0 Å². The van der Waals surface area contributed by atoms with Gasteiger partial charge in [-0.1, -0.05) is 0 Å².